The summed E-state index contributed by atoms with van der Waals surface area (Å²) >= 11 is 0. The minimum Gasteiger partial charge on any atom is -0.351 e. The number of hydrogen-bond donors (Lipinski definition) is 5. The quantitative estimate of drug-likeness (QED) is 0.0611. The molecule has 1 aliphatic rings. The third-order valence-electron chi connectivity index (χ3n) is 13.9. The first kappa shape index (κ1) is 54.9. The highest BCUT2D eigenvalue weighted by molar-refractivity contribution is 6.09. The number of nitrogens with one attached hydrogen (secondary N) is 4. The van der Waals surface area contributed by atoms with Crippen LogP contribution >= 0.6 is 0 Å². The first-order valence-corrected chi connectivity index (χ1v) is 25.7. The Morgan fingerprint density at radius 2 is 1.23 bits per heavy atom. The molecule has 24 heteroatoms. The van der Waals surface area contributed by atoms with Gasteiger partial charge in [-0.05, 0) is 59.2 Å². The summed E-state index contributed by atoms with van der Waals surface area (Å²) in [6.07, 6.45) is 14.4. The van der Waals surface area contributed by atoms with Crippen molar-refractivity contribution >= 4 is 75.4 Å². The number of benzene rings is 1. The van der Waals surface area contributed by atoms with Crippen molar-refractivity contribution in [3.05, 3.63) is 160 Å². The van der Waals surface area contributed by atoms with Crippen LogP contribution in [0.5, 0.6) is 0 Å². The lowest BCUT2D eigenvalue weighted by Crippen LogP contribution is -2.66. The number of ketones is 4. The number of quaternary nitrogens is 1. The summed E-state index contributed by atoms with van der Waals surface area (Å²) in [6.45, 7) is 1.94. The normalized spacial score (nSPS) is 12.2. The lowest BCUT2D eigenvalue weighted by molar-refractivity contribution is -0.404. The predicted molar refractivity (Wildman–Crippen MR) is 295 cm³/mol. The number of imidazole rings is 3. The fraction of sp³-hybridized carbons (Fsp3) is 0.286. The summed E-state index contributed by atoms with van der Waals surface area (Å²) in [4.78, 5) is 123. The first-order valence-electron chi connectivity index (χ1n) is 25.7. The molecule has 1 atom stereocenters. The molecule has 0 saturated carbocycles. The largest absolute Gasteiger partial charge is 0.351 e. The number of carbonyl (C=O) groups excluding carboxylic acids is 8. The second kappa shape index (κ2) is 22.6. The molecular formula is C56H61N16O8+. The highest BCUT2D eigenvalue weighted by Gasteiger charge is 2.26. The van der Waals surface area contributed by atoms with Crippen molar-refractivity contribution in [2.45, 2.75) is 51.5 Å². The Bertz CT molecular complexity index is 3850. The number of aliphatic imine (C=N–C) groups is 1. The molecule has 7 aromatic heterocycles. The maximum Gasteiger partial charge on any atom is 0.292 e. The third-order valence-corrected chi connectivity index (χ3v) is 13.9. The Morgan fingerprint density at radius 1 is 0.588 bits per heavy atom. The zero-order valence-electron chi connectivity index (χ0n) is 45.6. The topological polar surface area (TPSA) is 298 Å². The fourth-order valence-electron chi connectivity index (χ4n) is 9.68. The van der Waals surface area contributed by atoms with E-state index in [4.69, 9.17) is 4.99 Å². The smallest absolute Gasteiger partial charge is 0.292 e. The van der Waals surface area contributed by atoms with Crippen LogP contribution in [0.15, 0.2) is 97.0 Å². The van der Waals surface area contributed by atoms with Crippen LogP contribution in [-0.4, -0.2) is 112 Å². The van der Waals surface area contributed by atoms with Gasteiger partial charge in [0.05, 0.1) is 46.3 Å². The van der Waals surface area contributed by atoms with Crippen molar-refractivity contribution in [2.75, 3.05) is 22.5 Å². The van der Waals surface area contributed by atoms with Gasteiger partial charge in [0.1, 0.15) is 17.4 Å². The van der Waals surface area contributed by atoms with Gasteiger partial charge in [0.2, 0.25) is 11.6 Å². The van der Waals surface area contributed by atoms with Gasteiger partial charge in [0.15, 0.2) is 34.8 Å². The Labute approximate surface area is 458 Å². The molecule has 0 bridgehead atoms. The SMILES string of the molecule is CCC(=O)c1cc(CC(=O)c2ccc3c(c2)CC(c2cc(CC(=O)c4nc(CC(=O)[C@H]([NH3+])CCNC(=O)c5cc(NC(=O)c6cc(NC(=O)c7nc(NC(=O)c8nccn8C)cn7C)cn6C)cn5C)cn4C)cn2C)=N3)cn1C. The monoisotopic (exact) mass is 1090 g/mol. The molecule has 0 aliphatic carbocycles. The summed E-state index contributed by atoms with van der Waals surface area (Å²) in [5.41, 5.74) is 11.6. The highest BCUT2D eigenvalue weighted by Crippen LogP contribution is 2.31. The van der Waals surface area contributed by atoms with Gasteiger partial charge >= 0.3 is 0 Å². The van der Waals surface area contributed by atoms with Crippen LogP contribution in [0.1, 0.15) is 122 Å². The fourth-order valence-corrected chi connectivity index (χ4v) is 9.68. The molecule has 24 nitrogen and oxygen atoms in total. The van der Waals surface area contributed by atoms with Crippen molar-refractivity contribution < 1.29 is 44.1 Å². The second-order valence-electron chi connectivity index (χ2n) is 20.0. The molecule has 7 N–H and O–H groups in total. The number of amides is 4. The average Bonchev–Trinajstić information content (AvgIpc) is 4.31. The average molecular weight is 1090 g/mol. The summed E-state index contributed by atoms with van der Waals surface area (Å²) in [5.74, 6) is -1.96. The third kappa shape index (κ3) is 11.8. The number of aryl methyl sites for hydroxylation is 7. The number of nitrogens with zero attached hydrogens (tertiary/aromatic N) is 11. The maximum atomic E-state index is 13.6. The Hall–Kier alpha value is -9.84. The van der Waals surface area contributed by atoms with Gasteiger partial charge in [-0.2, -0.15) is 0 Å². The maximum absolute atomic E-state index is 13.6. The van der Waals surface area contributed by atoms with E-state index in [1.165, 1.54) is 33.7 Å². The van der Waals surface area contributed by atoms with Crippen molar-refractivity contribution in [1.29, 1.82) is 0 Å². The molecule has 8 heterocycles. The minimum atomic E-state index is -0.688. The molecule has 0 saturated heterocycles. The Morgan fingerprint density at radius 3 is 1.93 bits per heavy atom. The highest BCUT2D eigenvalue weighted by atomic mass is 16.2. The van der Waals surface area contributed by atoms with Crippen LogP contribution in [0.3, 0.4) is 0 Å². The summed E-state index contributed by atoms with van der Waals surface area (Å²) in [7, 11) is 12.0. The molecule has 412 valence electrons. The van der Waals surface area contributed by atoms with E-state index >= 15 is 0 Å². The van der Waals surface area contributed by atoms with E-state index in [-0.39, 0.29) is 90.0 Å². The molecule has 1 aliphatic heterocycles. The van der Waals surface area contributed by atoms with Crippen LogP contribution in [0.2, 0.25) is 0 Å². The summed E-state index contributed by atoms with van der Waals surface area (Å²) in [6, 6.07) is 11.5. The number of carbonyl (C=O) groups is 8. The molecule has 80 heavy (non-hydrogen) atoms. The van der Waals surface area contributed by atoms with Crippen molar-refractivity contribution in [3.8, 4) is 0 Å². The van der Waals surface area contributed by atoms with E-state index in [2.05, 4.69) is 42.0 Å². The van der Waals surface area contributed by atoms with Gasteiger partial charge in [0.25, 0.3) is 23.6 Å². The first-order chi connectivity index (χ1) is 38.1. The van der Waals surface area contributed by atoms with E-state index in [0.29, 0.717) is 41.2 Å². The number of hydrogen-bond acceptors (Lipinski definition) is 12. The van der Waals surface area contributed by atoms with Crippen LogP contribution < -0.4 is 27.0 Å². The zero-order valence-corrected chi connectivity index (χ0v) is 45.6. The molecule has 4 amide bonds. The standard InChI is InChI=1S/C56H60N16O8/c1-9-45(73)42-17-32(26-68(42)4)18-46(74)33-10-11-39-34(20-33)21-40(63-39)41-16-31(25-67(41)3)19-48(76)50-60-37(29-71(50)7)24-47(75)38(57)12-13-59-53(77)43-22-35(27-69(43)5)61-54(78)44-23-36(28-70(44)6)62-56(80)52-64-49(30-72(52)8)65-55(79)51-58-14-15-66(51)2/h10-11,14-17,20,22-23,25-30,38H,9,12-13,18-19,21,24,57H2,1-8H3,(H,59,77)(H,61,78)(H,62,80)(H,65,79)/p+1/t38-/m1/s1. The zero-order chi connectivity index (χ0) is 57.3. The van der Waals surface area contributed by atoms with Gasteiger partial charge in [0, 0.05) is 143 Å². The lowest BCUT2D eigenvalue weighted by Gasteiger charge is -2.09. The van der Waals surface area contributed by atoms with Crippen molar-refractivity contribution in [2.24, 2.45) is 54.3 Å². The van der Waals surface area contributed by atoms with Crippen molar-refractivity contribution in [1.82, 2.24) is 52.2 Å². The summed E-state index contributed by atoms with van der Waals surface area (Å²) in [5, 5.41) is 11.0. The van der Waals surface area contributed by atoms with E-state index in [1.807, 2.05) is 49.1 Å². The number of rotatable bonds is 22. The molecule has 0 radical (unpaired) electrons. The molecule has 0 spiro atoms. The minimum absolute atomic E-state index is 0.00634. The second-order valence-corrected chi connectivity index (χ2v) is 20.0. The summed E-state index contributed by atoms with van der Waals surface area (Å²) < 4.78 is 11.4. The van der Waals surface area contributed by atoms with Crippen molar-refractivity contribution in [3.63, 3.8) is 0 Å². The van der Waals surface area contributed by atoms with E-state index in [1.54, 1.807) is 97.5 Å². The number of Topliss-reactive ketones (excluding diaryl/α,β-unsaturated/α-hetero) is 4. The molecule has 0 fully saturated rings. The predicted octanol–water partition coefficient (Wildman–Crippen LogP) is 3.66. The number of aromatic nitrogens is 10. The van der Waals surface area contributed by atoms with E-state index in [0.717, 1.165) is 33.8 Å². The van der Waals surface area contributed by atoms with E-state index < -0.39 is 29.7 Å². The Kier molecular flexibility index (Phi) is 15.5. The van der Waals surface area contributed by atoms with Gasteiger partial charge in [-0.3, -0.25) is 43.3 Å². The van der Waals surface area contributed by atoms with Gasteiger partial charge in [-0.25, -0.2) is 15.0 Å². The number of fused-ring (bicyclic) bond motifs is 1. The van der Waals surface area contributed by atoms with Crippen LogP contribution in [0.25, 0.3) is 0 Å². The molecule has 8 aromatic rings. The Balaban J connectivity index is 0.721. The van der Waals surface area contributed by atoms with Gasteiger partial charge in [-0.15, -0.1) is 0 Å². The van der Waals surface area contributed by atoms with Crippen LogP contribution in [-0.2, 0) is 79.8 Å². The molecule has 9 rings (SSSR count). The number of anilines is 3. The van der Waals surface area contributed by atoms with Gasteiger partial charge < -0.3 is 59.0 Å². The van der Waals surface area contributed by atoms with Crippen LogP contribution in [0, 0.1) is 0 Å². The van der Waals surface area contributed by atoms with Gasteiger partial charge in [-0.1, -0.05) is 6.92 Å². The van der Waals surface area contributed by atoms with E-state index in [9.17, 15) is 38.4 Å². The lowest BCUT2D eigenvalue weighted by atomic mass is 10.00. The molecule has 0 unspecified atom stereocenters. The molecule has 1 aromatic carbocycles. The molecular weight excluding hydrogens is 1020 g/mol. The van der Waals surface area contributed by atoms with Crippen LogP contribution in [0.4, 0.5) is 22.9 Å².